The minimum Gasteiger partial charge on any atom is -0.338 e. The van der Waals surface area contributed by atoms with Crippen LogP contribution in [0.3, 0.4) is 0 Å². The first-order valence-electron chi connectivity index (χ1n) is 7.51. The van der Waals surface area contributed by atoms with Gasteiger partial charge >= 0.3 is 6.03 Å². The molecule has 0 aromatic heterocycles. The number of likely N-dealkylation sites (tertiary alicyclic amines) is 1. The van der Waals surface area contributed by atoms with E-state index < -0.39 is 6.03 Å². The normalized spacial score (nSPS) is 19.9. The molecule has 0 spiro atoms. The highest BCUT2D eigenvalue weighted by Crippen LogP contribution is 2.18. The Hall–Kier alpha value is -1.14. The summed E-state index contributed by atoms with van der Waals surface area (Å²) in [5, 5.41) is 5.05. The van der Waals surface area contributed by atoms with Crippen LogP contribution >= 0.6 is 0 Å². The van der Waals surface area contributed by atoms with Crippen LogP contribution < -0.4 is 16.4 Å². The van der Waals surface area contributed by atoms with Crippen LogP contribution in [-0.2, 0) is 4.79 Å². The fourth-order valence-corrected chi connectivity index (χ4v) is 2.48. The Morgan fingerprint density at radius 1 is 1.40 bits per heavy atom. The minimum atomic E-state index is -0.404. The van der Waals surface area contributed by atoms with Gasteiger partial charge in [-0.3, -0.25) is 15.0 Å². The molecular weight excluding hydrogens is 256 g/mol. The lowest BCUT2D eigenvalue weighted by Crippen LogP contribution is -2.47. The second-order valence-corrected chi connectivity index (χ2v) is 5.97. The van der Waals surface area contributed by atoms with Crippen LogP contribution in [0.4, 0.5) is 4.79 Å². The quantitative estimate of drug-likeness (QED) is 0.664. The minimum absolute atomic E-state index is 0.236. The first kappa shape index (κ1) is 16.9. The third-order valence-corrected chi connectivity index (χ3v) is 3.47. The number of nitrogens with one attached hydrogen (secondary N) is 2. The standard InChI is InChI=1S/C14H28N4O2/c1-11(2)8-16-14(20)17-13(19)10-18-7-3-4-12(9-18)5-6-15/h11-12H,3-10,15H2,1-2H3,(H2,16,17,19,20). The highest BCUT2D eigenvalue weighted by molar-refractivity contribution is 5.95. The predicted octanol–water partition coefficient (Wildman–Crippen LogP) is 0.529. The van der Waals surface area contributed by atoms with Crippen molar-refractivity contribution in [1.29, 1.82) is 0 Å². The number of piperidine rings is 1. The molecule has 6 heteroatoms. The maximum atomic E-state index is 11.8. The predicted molar refractivity (Wildman–Crippen MR) is 79.2 cm³/mol. The summed E-state index contributed by atoms with van der Waals surface area (Å²) in [7, 11) is 0. The molecule has 1 aliphatic heterocycles. The van der Waals surface area contributed by atoms with Crippen molar-refractivity contribution < 1.29 is 9.59 Å². The molecule has 0 aliphatic carbocycles. The van der Waals surface area contributed by atoms with Crippen molar-refractivity contribution in [3.8, 4) is 0 Å². The highest BCUT2D eigenvalue weighted by Gasteiger charge is 2.21. The van der Waals surface area contributed by atoms with Gasteiger partial charge in [-0.2, -0.15) is 0 Å². The molecular formula is C14H28N4O2. The second kappa shape index (κ2) is 8.92. The summed E-state index contributed by atoms with van der Waals surface area (Å²) < 4.78 is 0. The molecule has 0 bridgehead atoms. The monoisotopic (exact) mass is 284 g/mol. The summed E-state index contributed by atoms with van der Waals surface area (Å²) in [4.78, 5) is 25.4. The maximum Gasteiger partial charge on any atom is 0.321 e. The van der Waals surface area contributed by atoms with Crippen LogP contribution in [0.2, 0.25) is 0 Å². The van der Waals surface area contributed by atoms with Crippen LogP contribution in [0.25, 0.3) is 0 Å². The number of hydrogen-bond donors (Lipinski definition) is 3. The zero-order chi connectivity index (χ0) is 15.0. The van der Waals surface area contributed by atoms with Gasteiger partial charge in [0.1, 0.15) is 0 Å². The van der Waals surface area contributed by atoms with Crippen LogP contribution in [-0.4, -0.2) is 49.6 Å². The highest BCUT2D eigenvalue weighted by atomic mass is 16.2. The fourth-order valence-electron chi connectivity index (χ4n) is 2.48. The Morgan fingerprint density at radius 2 is 2.15 bits per heavy atom. The Balaban J connectivity index is 2.25. The molecule has 1 aliphatic rings. The molecule has 0 saturated carbocycles. The van der Waals surface area contributed by atoms with Gasteiger partial charge in [0, 0.05) is 13.1 Å². The summed E-state index contributed by atoms with van der Waals surface area (Å²) in [6, 6.07) is -0.404. The van der Waals surface area contributed by atoms with Crippen molar-refractivity contribution in [1.82, 2.24) is 15.5 Å². The van der Waals surface area contributed by atoms with E-state index in [1.807, 2.05) is 13.8 Å². The first-order chi connectivity index (χ1) is 9.51. The van der Waals surface area contributed by atoms with Gasteiger partial charge < -0.3 is 11.1 Å². The molecule has 1 rings (SSSR count). The van der Waals surface area contributed by atoms with Crippen molar-refractivity contribution in [3.63, 3.8) is 0 Å². The number of rotatable bonds is 6. The lowest BCUT2D eigenvalue weighted by atomic mass is 9.95. The molecule has 20 heavy (non-hydrogen) atoms. The number of nitrogens with zero attached hydrogens (tertiary/aromatic N) is 1. The summed E-state index contributed by atoms with van der Waals surface area (Å²) in [5.74, 6) is 0.714. The molecule has 116 valence electrons. The number of carbonyl (C=O) groups is 2. The van der Waals surface area contributed by atoms with Crippen LogP contribution in [0.1, 0.15) is 33.1 Å². The average molecular weight is 284 g/mol. The maximum absolute atomic E-state index is 11.8. The molecule has 4 N–H and O–H groups in total. The van der Waals surface area contributed by atoms with Crippen molar-refractivity contribution in [3.05, 3.63) is 0 Å². The molecule has 1 heterocycles. The molecule has 1 fully saturated rings. The Labute approximate surface area is 121 Å². The van der Waals surface area contributed by atoms with E-state index in [4.69, 9.17) is 5.73 Å². The molecule has 1 atom stereocenters. The topological polar surface area (TPSA) is 87.5 Å². The van der Waals surface area contributed by atoms with Gasteiger partial charge in [-0.05, 0) is 44.2 Å². The third-order valence-electron chi connectivity index (χ3n) is 3.47. The van der Waals surface area contributed by atoms with Gasteiger partial charge in [0.25, 0.3) is 0 Å². The Bertz CT molecular complexity index is 318. The van der Waals surface area contributed by atoms with Crippen molar-refractivity contribution in [2.45, 2.75) is 33.1 Å². The van der Waals surface area contributed by atoms with Crippen molar-refractivity contribution in [2.75, 3.05) is 32.7 Å². The molecule has 0 aromatic rings. The van der Waals surface area contributed by atoms with E-state index in [0.717, 1.165) is 25.9 Å². The van der Waals surface area contributed by atoms with E-state index in [-0.39, 0.29) is 12.5 Å². The van der Waals surface area contributed by atoms with Gasteiger partial charge in [0.2, 0.25) is 5.91 Å². The van der Waals surface area contributed by atoms with E-state index in [0.29, 0.717) is 24.9 Å². The third kappa shape index (κ3) is 6.86. The second-order valence-electron chi connectivity index (χ2n) is 5.97. The summed E-state index contributed by atoms with van der Waals surface area (Å²) in [6.07, 6.45) is 3.29. The summed E-state index contributed by atoms with van der Waals surface area (Å²) >= 11 is 0. The van der Waals surface area contributed by atoms with E-state index in [1.54, 1.807) is 0 Å². The van der Waals surface area contributed by atoms with Crippen molar-refractivity contribution >= 4 is 11.9 Å². The van der Waals surface area contributed by atoms with Crippen LogP contribution in [0.5, 0.6) is 0 Å². The summed E-state index contributed by atoms with van der Waals surface area (Å²) in [6.45, 7) is 7.39. The molecule has 1 unspecified atom stereocenters. The van der Waals surface area contributed by atoms with Gasteiger partial charge in [0.05, 0.1) is 6.54 Å². The lowest BCUT2D eigenvalue weighted by molar-refractivity contribution is -0.121. The number of imide groups is 1. The average Bonchev–Trinajstić information content (AvgIpc) is 2.37. The van der Waals surface area contributed by atoms with Gasteiger partial charge in [-0.1, -0.05) is 13.8 Å². The molecule has 0 radical (unpaired) electrons. The molecule has 0 aromatic carbocycles. The molecule has 6 nitrogen and oxygen atoms in total. The van der Waals surface area contributed by atoms with Crippen molar-refractivity contribution in [2.24, 2.45) is 17.6 Å². The van der Waals surface area contributed by atoms with Gasteiger partial charge in [0.15, 0.2) is 0 Å². The number of urea groups is 1. The Morgan fingerprint density at radius 3 is 2.80 bits per heavy atom. The van der Waals surface area contributed by atoms with Crippen LogP contribution in [0.15, 0.2) is 0 Å². The van der Waals surface area contributed by atoms with E-state index >= 15 is 0 Å². The van der Waals surface area contributed by atoms with E-state index in [2.05, 4.69) is 15.5 Å². The van der Waals surface area contributed by atoms with E-state index in [9.17, 15) is 9.59 Å². The fraction of sp³-hybridized carbons (Fsp3) is 0.857. The number of hydrogen-bond acceptors (Lipinski definition) is 4. The van der Waals surface area contributed by atoms with Gasteiger partial charge in [-0.25, -0.2) is 4.79 Å². The SMILES string of the molecule is CC(C)CNC(=O)NC(=O)CN1CCCC(CCN)C1. The first-order valence-corrected chi connectivity index (χ1v) is 7.51. The zero-order valence-electron chi connectivity index (χ0n) is 12.7. The number of nitrogens with two attached hydrogens (primary N) is 1. The number of carbonyl (C=O) groups excluding carboxylic acids is 2. The van der Waals surface area contributed by atoms with Crippen LogP contribution in [0, 0.1) is 11.8 Å². The number of amides is 3. The molecule has 1 saturated heterocycles. The lowest BCUT2D eigenvalue weighted by Gasteiger charge is -2.31. The van der Waals surface area contributed by atoms with Gasteiger partial charge in [-0.15, -0.1) is 0 Å². The molecule has 3 amide bonds. The zero-order valence-corrected chi connectivity index (χ0v) is 12.7. The Kier molecular flexibility index (Phi) is 7.54. The largest absolute Gasteiger partial charge is 0.338 e. The van der Waals surface area contributed by atoms with E-state index in [1.165, 1.54) is 6.42 Å². The summed E-state index contributed by atoms with van der Waals surface area (Å²) in [5.41, 5.74) is 5.58. The smallest absolute Gasteiger partial charge is 0.321 e.